The van der Waals surface area contributed by atoms with Gasteiger partial charge in [-0.1, -0.05) is 54.6 Å². The number of ketones is 1. The van der Waals surface area contributed by atoms with Gasteiger partial charge in [0.25, 0.3) is 0 Å². The van der Waals surface area contributed by atoms with Gasteiger partial charge in [-0.05, 0) is 49.8 Å². The fourth-order valence-corrected chi connectivity index (χ4v) is 5.14. The van der Waals surface area contributed by atoms with Crippen LogP contribution in [-0.4, -0.2) is 68.8 Å². The van der Waals surface area contributed by atoms with Crippen molar-refractivity contribution in [1.29, 1.82) is 5.41 Å². The smallest absolute Gasteiger partial charge is 0.237 e. The highest BCUT2D eigenvalue weighted by atomic mass is 32.2. The van der Waals surface area contributed by atoms with Crippen LogP contribution >= 0.6 is 0 Å². The van der Waals surface area contributed by atoms with E-state index in [0.717, 1.165) is 18.2 Å². The summed E-state index contributed by atoms with van der Waals surface area (Å²) in [5.74, 6) is -0.0753. The summed E-state index contributed by atoms with van der Waals surface area (Å²) in [5.41, 5.74) is 8.25. The predicted molar refractivity (Wildman–Crippen MR) is 145 cm³/mol. The molecule has 1 aliphatic heterocycles. The summed E-state index contributed by atoms with van der Waals surface area (Å²) in [7, 11) is -3.32. The van der Waals surface area contributed by atoms with E-state index < -0.39 is 22.1 Å². The Balaban J connectivity index is 1.61. The summed E-state index contributed by atoms with van der Waals surface area (Å²) in [6.45, 7) is 2.98. The molecule has 200 valence electrons. The average Bonchev–Trinajstić information content (AvgIpc) is 2.87. The third-order valence-electron chi connectivity index (χ3n) is 6.82. The molecule has 0 radical (unpaired) electrons. The molecular formula is C27H37N5O4S. The predicted octanol–water partition coefficient (Wildman–Crippen LogP) is 1.77. The molecule has 0 saturated carbocycles. The second kappa shape index (κ2) is 12.9. The highest BCUT2D eigenvalue weighted by Crippen LogP contribution is 2.31. The second-order valence-corrected chi connectivity index (χ2v) is 11.5. The fraction of sp³-hybridized carbons (Fsp3) is 0.444. The van der Waals surface area contributed by atoms with E-state index in [-0.39, 0.29) is 36.4 Å². The zero-order valence-corrected chi connectivity index (χ0v) is 22.3. The van der Waals surface area contributed by atoms with Gasteiger partial charge in [-0.2, -0.15) is 0 Å². The Morgan fingerprint density at radius 2 is 1.81 bits per heavy atom. The van der Waals surface area contributed by atoms with E-state index in [1.54, 1.807) is 19.1 Å². The van der Waals surface area contributed by atoms with Gasteiger partial charge in [0.05, 0.1) is 18.3 Å². The lowest BCUT2D eigenvalue weighted by Gasteiger charge is -2.39. The lowest BCUT2D eigenvalue weighted by atomic mass is 9.85. The van der Waals surface area contributed by atoms with E-state index in [1.165, 1.54) is 5.56 Å². The number of carbonyl (C=O) groups excluding carboxylic acids is 2. The minimum Gasteiger partial charge on any atom is -0.384 e. The summed E-state index contributed by atoms with van der Waals surface area (Å²) in [4.78, 5) is 28.2. The van der Waals surface area contributed by atoms with Gasteiger partial charge in [0.1, 0.15) is 5.84 Å². The highest BCUT2D eigenvalue weighted by Gasteiger charge is 2.34. The van der Waals surface area contributed by atoms with E-state index >= 15 is 0 Å². The Morgan fingerprint density at radius 3 is 2.43 bits per heavy atom. The zero-order chi connectivity index (χ0) is 27.0. The van der Waals surface area contributed by atoms with Crippen LogP contribution in [0.15, 0.2) is 54.6 Å². The third kappa shape index (κ3) is 8.77. The Hall–Kier alpha value is -3.08. The summed E-state index contributed by atoms with van der Waals surface area (Å²) in [5, 5.41) is 10.4. The Kier molecular flexibility index (Phi) is 9.96. The van der Waals surface area contributed by atoms with Gasteiger partial charge in [0.2, 0.25) is 15.9 Å². The van der Waals surface area contributed by atoms with Gasteiger partial charge >= 0.3 is 0 Å². The maximum atomic E-state index is 13.4. The molecule has 9 nitrogen and oxygen atoms in total. The number of hydrogen-bond donors (Lipinski definition) is 4. The number of benzene rings is 2. The molecule has 0 aromatic heterocycles. The van der Waals surface area contributed by atoms with Crippen LogP contribution in [0.2, 0.25) is 0 Å². The summed E-state index contributed by atoms with van der Waals surface area (Å²) < 4.78 is 25.5. The van der Waals surface area contributed by atoms with Gasteiger partial charge in [-0.15, -0.1) is 0 Å². The summed E-state index contributed by atoms with van der Waals surface area (Å²) >= 11 is 0. The lowest BCUT2D eigenvalue weighted by Crippen LogP contribution is -2.55. The number of hydrogen-bond acceptors (Lipinski definition) is 6. The molecule has 3 rings (SSSR count). The molecule has 10 heteroatoms. The van der Waals surface area contributed by atoms with Crippen LogP contribution in [-0.2, 0) is 26.0 Å². The topological polar surface area (TPSA) is 145 Å². The zero-order valence-electron chi connectivity index (χ0n) is 21.4. The van der Waals surface area contributed by atoms with E-state index in [4.69, 9.17) is 11.1 Å². The van der Waals surface area contributed by atoms with Gasteiger partial charge in [-0.3, -0.25) is 19.9 Å². The number of Topliss-reactive ketones (excluding diaryl/α,β-unsaturated/α-hetero) is 1. The molecule has 3 atom stereocenters. The van der Waals surface area contributed by atoms with Crippen molar-refractivity contribution in [2.45, 2.75) is 50.6 Å². The van der Waals surface area contributed by atoms with E-state index in [0.29, 0.717) is 31.5 Å². The van der Waals surface area contributed by atoms with Gasteiger partial charge in [-0.25, -0.2) is 13.1 Å². The number of amides is 1. The first kappa shape index (κ1) is 28.5. The van der Waals surface area contributed by atoms with Crippen LogP contribution in [0.1, 0.15) is 48.8 Å². The molecule has 1 saturated heterocycles. The maximum absolute atomic E-state index is 13.4. The molecule has 0 bridgehead atoms. The molecule has 2 aromatic rings. The van der Waals surface area contributed by atoms with Crippen LogP contribution in [0.25, 0.3) is 0 Å². The number of nitrogens with one attached hydrogen (secondary N) is 3. The molecule has 37 heavy (non-hydrogen) atoms. The van der Waals surface area contributed by atoms with Crippen LogP contribution < -0.4 is 15.8 Å². The fourth-order valence-electron chi connectivity index (χ4n) is 4.68. The molecule has 0 unspecified atom stereocenters. The summed E-state index contributed by atoms with van der Waals surface area (Å²) in [6.07, 6.45) is 3.38. The van der Waals surface area contributed by atoms with Crippen molar-refractivity contribution >= 4 is 27.5 Å². The lowest BCUT2D eigenvalue weighted by molar-refractivity contribution is -0.132. The number of rotatable bonds is 12. The van der Waals surface area contributed by atoms with Crippen molar-refractivity contribution in [3.8, 4) is 0 Å². The molecule has 2 aromatic carbocycles. The number of likely N-dealkylation sites (tertiary alicyclic amines) is 1. The van der Waals surface area contributed by atoms with Crippen molar-refractivity contribution in [2.24, 2.45) is 5.73 Å². The van der Waals surface area contributed by atoms with Crippen molar-refractivity contribution in [3.05, 3.63) is 71.3 Å². The number of nitrogens with zero attached hydrogens (tertiary/aromatic N) is 1. The number of piperidine rings is 1. The van der Waals surface area contributed by atoms with Crippen molar-refractivity contribution in [3.63, 3.8) is 0 Å². The Labute approximate surface area is 219 Å². The highest BCUT2D eigenvalue weighted by molar-refractivity contribution is 7.88. The second-order valence-electron chi connectivity index (χ2n) is 9.66. The molecule has 1 heterocycles. The monoisotopic (exact) mass is 527 g/mol. The quantitative estimate of drug-likeness (QED) is 0.245. The standard InChI is InChI=1S/C27H37N5O4S/c1-19(25(33)13-10-20-8-11-22(12-9-20)26(28)29)31-27(34)24-18-23(21-6-4-3-5-7-21)14-16-32(24)17-15-30-37(2,35)36/h3-9,11-12,19,23-24,30H,10,13-18H2,1-2H3,(H3,28,29)(H,31,34)/t19-,23-,24+/m0/s1. The first-order valence-corrected chi connectivity index (χ1v) is 14.4. The number of aryl methyl sites for hydroxylation is 1. The van der Waals surface area contributed by atoms with Gasteiger partial charge in [0.15, 0.2) is 5.78 Å². The van der Waals surface area contributed by atoms with Crippen LogP contribution in [0.5, 0.6) is 0 Å². The molecule has 5 N–H and O–H groups in total. The normalized spacial score (nSPS) is 19.2. The Bertz CT molecular complexity index is 1190. The van der Waals surface area contributed by atoms with Gasteiger partial charge in [0, 0.05) is 25.1 Å². The minimum absolute atomic E-state index is 0.00248. The number of nitrogens with two attached hydrogens (primary N) is 1. The number of sulfonamides is 1. The number of carbonyl (C=O) groups is 2. The van der Waals surface area contributed by atoms with E-state index in [9.17, 15) is 18.0 Å². The average molecular weight is 528 g/mol. The molecular weight excluding hydrogens is 490 g/mol. The Morgan fingerprint density at radius 1 is 1.14 bits per heavy atom. The SMILES string of the molecule is C[C@H](NC(=O)[C@H]1C[C@@H](c2ccccc2)CCN1CCNS(C)(=O)=O)C(=O)CCc1ccc(C(=N)N)cc1. The first-order chi connectivity index (χ1) is 17.5. The largest absolute Gasteiger partial charge is 0.384 e. The molecule has 1 aliphatic rings. The maximum Gasteiger partial charge on any atom is 0.237 e. The number of nitrogen functional groups attached to an aromatic ring is 1. The summed E-state index contributed by atoms with van der Waals surface area (Å²) in [6, 6.07) is 16.2. The van der Waals surface area contributed by atoms with Gasteiger partial charge < -0.3 is 11.1 Å². The van der Waals surface area contributed by atoms with Crippen LogP contribution in [0.3, 0.4) is 0 Å². The molecule has 0 aliphatic carbocycles. The van der Waals surface area contributed by atoms with Crippen LogP contribution in [0, 0.1) is 5.41 Å². The first-order valence-electron chi connectivity index (χ1n) is 12.5. The molecule has 0 spiro atoms. The van der Waals surface area contributed by atoms with Crippen LogP contribution in [0.4, 0.5) is 0 Å². The van der Waals surface area contributed by atoms with E-state index in [1.807, 2.05) is 35.2 Å². The number of amidine groups is 1. The molecule has 1 amide bonds. The van der Waals surface area contributed by atoms with Crippen molar-refractivity contribution in [2.75, 3.05) is 25.9 Å². The van der Waals surface area contributed by atoms with Crippen molar-refractivity contribution in [1.82, 2.24) is 14.9 Å². The minimum atomic E-state index is -3.32. The molecule has 1 fully saturated rings. The van der Waals surface area contributed by atoms with Crippen molar-refractivity contribution < 1.29 is 18.0 Å². The van der Waals surface area contributed by atoms with E-state index in [2.05, 4.69) is 22.2 Å². The third-order valence-corrected chi connectivity index (χ3v) is 7.55.